The SMILES string of the molecule is CC12CN3CC(C)(CN(C1)C3c1cccc(N)c1)C2O. The van der Waals surface area contributed by atoms with Crippen molar-refractivity contribution in [3.8, 4) is 0 Å². The van der Waals surface area contributed by atoms with E-state index in [9.17, 15) is 5.11 Å². The molecule has 1 aromatic carbocycles. The van der Waals surface area contributed by atoms with Crippen LogP contribution in [0.25, 0.3) is 0 Å². The number of aliphatic hydroxyl groups excluding tert-OH is 1. The normalized spacial score (nSPS) is 49.5. The van der Waals surface area contributed by atoms with Gasteiger partial charge in [-0.25, -0.2) is 0 Å². The fourth-order valence-electron chi connectivity index (χ4n) is 4.97. The molecule has 4 heterocycles. The van der Waals surface area contributed by atoms with Gasteiger partial charge in [0.2, 0.25) is 0 Å². The van der Waals surface area contributed by atoms with E-state index in [4.69, 9.17) is 5.73 Å². The van der Waals surface area contributed by atoms with Gasteiger partial charge in [0.15, 0.2) is 0 Å². The number of nitrogen functional groups attached to an aromatic ring is 1. The van der Waals surface area contributed by atoms with Crippen LogP contribution < -0.4 is 5.73 Å². The van der Waals surface area contributed by atoms with Gasteiger partial charge in [-0.1, -0.05) is 26.0 Å². The van der Waals surface area contributed by atoms with E-state index in [0.717, 1.165) is 31.9 Å². The number of benzene rings is 1. The molecule has 4 heteroatoms. The number of aliphatic hydroxyl groups is 1. The van der Waals surface area contributed by atoms with Crippen molar-refractivity contribution in [2.75, 3.05) is 31.9 Å². The monoisotopic (exact) mass is 273 g/mol. The van der Waals surface area contributed by atoms with Crippen LogP contribution in [0, 0.1) is 10.8 Å². The van der Waals surface area contributed by atoms with Gasteiger partial charge in [0.1, 0.15) is 0 Å². The molecule has 4 aliphatic heterocycles. The van der Waals surface area contributed by atoms with Gasteiger partial charge in [-0.05, 0) is 17.7 Å². The predicted molar refractivity (Wildman–Crippen MR) is 79.0 cm³/mol. The van der Waals surface area contributed by atoms with Crippen molar-refractivity contribution >= 4 is 5.69 Å². The molecule has 1 aromatic rings. The maximum Gasteiger partial charge on any atom is 0.0887 e. The summed E-state index contributed by atoms with van der Waals surface area (Å²) in [5.41, 5.74) is 8.07. The molecule has 108 valence electrons. The number of anilines is 1. The number of piperidine rings is 2. The number of rotatable bonds is 1. The van der Waals surface area contributed by atoms with Crippen LogP contribution in [0.4, 0.5) is 5.69 Å². The molecule has 5 rings (SSSR count). The molecule has 0 unspecified atom stereocenters. The van der Waals surface area contributed by atoms with E-state index in [0.29, 0.717) is 6.17 Å². The van der Waals surface area contributed by atoms with Crippen molar-refractivity contribution in [1.29, 1.82) is 0 Å². The van der Waals surface area contributed by atoms with Gasteiger partial charge in [0, 0.05) is 42.7 Å². The third-order valence-corrected chi connectivity index (χ3v) is 5.48. The summed E-state index contributed by atoms with van der Waals surface area (Å²) in [5, 5.41) is 10.7. The number of nitrogens with zero attached hydrogens (tertiary/aromatic N) is 2. The molecule has 4 aliphatic rings. The van der Waals surface area contributed by atoms with Crippen LogP contribution in [0.1, 0.15) is 25.6 Å². The molecule has 0 atom stereocenters. The van der Waals surface area contributed by atoms with Gasteiger partial charge in [-0.2, -0.15) is 0 Å². The Morgan fingerprint density at radius 3 is 2.15 bits per heavy atom. The van der Waals surface area contributed by atoms with Crippen LogP contribution in [-0.4, -0.2) is 47.2 Å². The highest BCUT2D eigenvalue weighted by molar-refractivity contribution is 5.42. The first-order valence-corrected chi connectivity index (χ1v) is 7.43. The molecule has 4 bridgehead atoms. The summed E-state index contributed by atoms with van der Waals surface area (Å²) in [7, 11) is 0. The standard InChI is InChI=1S/C16H23N3O/c1-15-7-18-9-16(2,14(15)20)10-19(8-15)13(18)11-4-3-5-12(17)6-11/h3-6,13-14,20H,7-10,17H2,1-2H3. The predicted octanol–water partition coefficient (Wildman–Crippen LogP) is 1.29. The van der Waals surface area contributed by atoms with Crippen LogP contribution in [0.5, 0.6) is 0 Å². The van der Waals surface area contributed by atoms with E-state index in [-0.39, 0.29) is 16.9 Å². The van der Waals surface area contributed by atoms with E-state index in [2.05, 4.69) is 35.8 Å². The Balaban J connectivity index is 1.74. The quantitative estimate of drug-likeness (QED) is 0.757. The lowest BCUT2D eigenvalue weighted by Crippen LogP contribution is -2.76. The van der Waals surface area contributed by atoms with Crippen molar-refractivity contribution in [2.24, 2.45) is 10.8 Å². The molecule has 4 nitrogen and oxygen atoms in total. The van der Waals surface area contributed by atoms with Gasteiger partial charge in [-0.3, -0.25) is 9.80 Å². The molecule has 0 radical (unpaired) electrons. The summed E-state index contributed by atoms with van der Waals surface area (Å²) < 4.78 is 0. The Labute approximate surface area is 120 Å². The van der Waals surface area contributed by atoms with Gasteiger partial charge >= 0.3 is 0 Å². The minimum absolute atomic E-state index is 0.00206. The molecule has 0 aromatic heterocycles. The van der Waals surface area contributed by atoms with Crippen LogP contribution in [-0.2, 0) is 0 Å². The van der Waals surface area contributed by atoms with E-state index in [1.807, 2.05) is 12.1 Å². The topological polar surface area (TPSA) is 52.7 Å². The molecular formula is C16H23N3O. The van der Waals surface area contributed by atoms with Crippen LogP contribution >= 0.6 is 0 Å². The molecule has 0 amide bonds. The number of nitrogens with two attached hydrogens (primary N) is 1. The van der Waals surface area contributed by atoms with Crippen molar-refractivity contribution in [3.05, 3.63) is 29.8 Å². The van der Waals surface area contributed by atoms with Crippen LogP contribution in [0.2, 0.25) is 0 Å². The van der Waals surface area contributed by atoms with Gasteiger partial charge in [0.25, 0.3) is 0 Å². The summed E-state index contributed by atoms with van der Waals surface area (Å²) in [5.74, 6) is 0. The second-order valence-corrected chi connectivity index (χ2v) is 7.56. The van der Waals surface area contributed by atoms with E-state index >= 15 is 0 Å². The zero-order valence-electron chi connectivity index (χ0n) is 12.2. The highest BCUT2D eigenvalue weighted by Gasteiger charge is 2.61. The van der Waals surface area contributed by atoms with E-state index in [1.54, 1.807) is 0 Å². The Kier molecular flexibility index (Phi) is 2.37. The fourth-order valence-corrected chi connectivity index (χ4v) is 4.97. The fraction of sp³-hybridized carbons (Fsp3) is 0.625. The summed E-state index contributed by atoms with van der Waals surface area (Å²) >= 11 is 0. The Bertz CT molecular complexity index is 520. The molecule has 20 heavy (non-hydrogen) atoms. The Morgan fingerprint density at radius 1 is 1.10 bits per heavy atom. The second kappa shape index (κ2) is 3.75. The lowest BCUT2D eigenvalue weighted by atomic mass is 9.60. The molecule has 3 N–H and O–H groups in total. The first-order valence-electron chi connectivity index (χ1n) is 7.43. The second-order valence-electron chi connectivity index (χ2n) is 7.56. The smallest absolute Gasteiger partial charge is 0.0887 e. The van der Waals surface area contributed by atoms with Crippen molar-refractivity contribution < 1.29 is 5.11 Å². The minimum atomic E-state index is -0.190. The first kappa shape index (κ1) is 12.6. The average molecular weight is 273 g/mol. The lowest BCUT2D eigenvalue weighted by Gasteiger charge is -2.68. The van der Waals surface area contributed by atoms with E-state index < -0.39 is 0 Å². The van der Waals surface area contributed by atoms with Gasteiger partial charge < -0.3 is 10.8 Å². The Morgan fingerprint density at radius 2 is 1.65 bits per heavy atom. The lowest BCUT2D eigenvalue weighted by molar-refractivity contribution is -0.253. The largest absolute Gasteiger partial charge is 0.399 e. The van der Waals surface area contributed by atoms with Crippen molar-refractivity contribution in [1.82, 2.24) is 9.80 Å². The minimum Gasteiger partial charge on any atom is -0.399 e. The average Bonchev–Trinajstić information content (AvgIpc) is 2.34. The molecule has 0 aliphatic carbocycles. The molecular weight excluding hydrogens is 250 g/mol. The summed E-state index contributed by atoms with van der Waals surface area (Å²) in [6.45, 7) is 8.34. The number of hydrogen-bond donors (Lipinski definition) is 2. The van der Waals surface area contributed by atoms with Crippen molar-refractivity contribution in [2.45, 2.75) is 26.1 Å². The third-order valence-electron chi connectivity index (χ3n) is 5.48. The van der Waals surface area contributed by atoms with E-state index in [1.165, 1.54) is 5.56 Å². The maximum atomic E-state index is 10.7. The van der Waals surface area contributed by atoms with Gasteiger partial charge in [0.05, 0.1) is 12.3 Å². The molecule has 4 fully saturated rings. The van der Waals surface area contributed by atoms with Crippen LogP contribution in [0.15, 0.2) is 24.3 Å². The zero-order chi connectivity index (χ0) is 14.1. The summed E-state index contributed by atoms with van der Waals surface area (Å²) in [6.07, 6.45) is 0.136. The zero-order valence-corrected chi connectivity index (χ0v) is 12.2. The van der Waals surface area contributed by atoms with Gasteiger partial charge in [-0.15, -0.1) is 0 Å². The molecule has 0 spiro atoms. The number of hydrogen-bond acceptors (Lipinski definition) is 4. The Hall–Kier alpha value is -1.10. The first-order chi connectivity index (χ1) is 9.41. The highest BCUT2D eigenvalue weighted by atomic mass is 16.3. The van der Waals surface area contributed by atoms with Crippen molar-refractivity contribution in [3.63, 3.8) is 0 Å². The summed E-state index contributed by atoms with van der Waals surface area (Å²) in [6, 6.07) is 8.24. The molecule has 0 saturated carbocycles. The van der Waals surface area contributed by atoms with Crippen LogP contribution in [0.3, 0.4) is 0 Å². The molecule has 4 saturated heterocycles. The highest BCUT2D eigenvalue weighted by Crippen LogP contribution is 2.54. The third kappa shape index (κ3) is 1.53. The summed E-state index contributed by atoms with van der Waals surface area (Å²) in [4.78, 5) is 5.04. The maximum absolute atomic E-state index is 10.7.